The number of benzene rings is 1. The largest absolute Gasteiger partial charge is 0.342 e. The second-order valence-corrected chi connectivity index (χ2v) is 7.65. The second kappa shape index (κ2) is 8.39. The molecule has 148 valence electrons. The van der Waals surface area contributed by atoms with Crippen LogP contribution in [0.5, 0.6) is 0 Å². The maximum absolute atomic E-state index is 12.4. The van der Waals surface area contributed by atoms with Gasteiger partial charge < -0.3 is 10.2 Å². The molecule has 3 aromatic rings. The first kappa shape index (κ1) is 19.1. The minimum Gasteiger partial charge on any atom is -0.342 e. The lowest BCUT2D eigenvalue weighted by atomic mass is 10.1. The Morgan fingerprint density at radius 2 is 1.97 bits per heavy atom. The lowest BCUT2D eigenvalue weighted by molar-refractivity contribution is -0.133. The van der Waals surface area contributed by atoms with Crippen LogP contribution in [-0.4, -0.2) is 38.8 Å². The Labute approximate surface area is 171 Å². The highest BCUT2D eigenvalue weighted by atomic mass is 16.2. The third kappa shape index (κ3) is 4.42. The SMILES string of the molecule is CC(C)C(=O)N1CCC(c2nc(Nc3ccccc3)cc(-c3cccnc3)n2)C1. The van der Waals surface area contributed by atoms with E-state index in [1.54, 1.807) is 6.20 Å². The molecular formula is C23H25N5O. The zero-order valence-electron chi connectivity index (χ0n) is 16.7. The Kier molecular flexibility index (Phi) is 5.51. The maximum Gasteiger partial charge on any atom is 0.225 e. The summed E-state index contributed by atoms with van der Waals surface area (Å²) in [6, 6.07) is 15.8. The van der Waals surface area contributed by atoms with Gasteiger partial charge in [0.05, 0.1) is 5.69 Å². The molecule has 29 heavy (non-hydrogen) atoms. The zero-order chi connectivity index (χ0) is 20.2. The fourth-order valence-electron chi connectivity index (χ4n) is 3.58. The van der Waals surface area contributed by atoms with Gasteiger partial charge in [-0.2, -0.15) is 0 Å². The van der Waals surface area contributed by atoms with Gasteiger partial charge in [-0.15, -0.1) is 0 Å². The van der Waals surface area contributed by atoms with E-state index in [4.69, 9.17) is 9.97 Å². The van der Waals surface area contributed by atoms with Crippen molar-refractivity contribution in [2.75, 3.05) is 18.4 Å². The summed E-state index contributed by atoms with van der Waals surface area (Å²) in [7, 11) is 0. The summed E-state index contributed by atoms with van der Waals surface area (Å²) in [6.45, 7) is 5.30. The van der Waals surface area contributed by atoms with Gasteiger partial charge >= 0.3 is 0 Å². The molecular weight excluding hydrogens is 362 g/mol. The van der Waals surface area contributed by atoms with Gasteiger partial charge in [0.1, 0.15) is 11.6 Å². The number of amides is 1. The average molecular weight is 387 g/mol. The molecule has 3 heterocycles. The molecule has 0 saturated carbocycles. The van der Waals surface area contributed by atoms with E-state index < -0.39 is 0 Å². The van der Waals surface area contributed by atoms with Crippen LogP contribution in [0.15, 0.2) is 60.9 Å². The zero-order valence-corrected chi connectivity index (χ0v) is 16.7. The first-order valence-electron chi connectivity index (χ1n) is 10.0. The molecule has 1 saturated heterocycles. The lowest BCUT2D eigenvalue weighted by Gasteiger charge is -2.19. The van der Waals surface area contributed by atoms with Crippen LogP contribution in [0.25, 0.3) is 11.3 Å². The van der Waals surface area contributed by atoms with Gasteiger partial charge in [-0.3, -0.25) is 9.78 Å². The van der Waals surface area contributed by atoms with E-state index in [0.29, 0.717) is 6.54 Å². The first-order valence-corrected chi connectivity index (χ1v) is 10.0. The Morgan fingerprint density at radius 1 is 1.14 bits per heavy atom. The van der Waals surface area contributed by atoms with Crippen LogP contribution in [-0.2, 0) is 4.79 Å². The summed E-state index contributed by atoms with van der Waals surface area (Å²) < 4.78 is 0. The number of pyridine rings is 1. The molecule has 1 amide bonds. The fraction of sp³-hybridized carbons (Fsp3) is 0.304. The topological polar surface area (TPSA) is 71.0 Å². The number of rotatable bonds is 5. The number of likely N-dealkylation sites (tertiary alicyclic amines) is 1. The smallest absolute Gasteiger partial charge is 0.225 e. The van der Waals surface area contributed by atoms with Gasteiger partial charge in [0.15, 0.2) is 0 Å². The standard InChI is InChI=1S/C23H25N5O/c1-16(2)23(29)28-12-10-18(15-28)22-26-20(17-7-6-11-24-14-17)13-21(27-22)25-19-8-4-3-5-9-19/h3-9,11,13-14,16,18H,10,12,15H2,1-2H3,(H,25,26,27). The molecule has 1 aliphatic heterocycles. The van der Waals surface area contributed by atoms with Gasteiger partial charge in [-0.1, -0.05) is 32.0 Å². The number of nitrogens with zero attached hydrogens (tertiary/aromatic N) is 4. The summed E-state index contributed by atoms with van der Waals surface area (Å²) in [5.41, 5.74) is 2.74. The number of aromatic nitrogens is 3. The normalized spacial score (nSPS) is 16.2. The Balaban J connectivity index is 1.66. The number of anilines is 2. The minimum atomic E-state index is 0.00621. The van der Waals surface area contributed by atoms with Gasteiger partial charge in [0, 0.05) is 54.6 Å². The monoisotopic (exact) mass is 387 g/mol. The molecule has 1 N–H and O–H groups in total. The molecule has 1 atom stereocenters. The van der Waals surface area contributed by atoms with Crippen LogP contribution in [0.1, 0.15) is 32.0 Å². The predicted octanol–water partition coefficient (Wildman–Crippen LogP) is 4.25. The molecule has 1 aromatic carbocycles. The number of hydrogen-bond acceptors (Lipinski definition) is 5. The molecule has 0 bridgehead atoms. The summed E-state index contributed by atoms with van der Waals surface area (Å²) in [5.74, 6) is 1.84. The third-order valence-electron chi connectivity index (χ3n) is 5.11. The summed E-state index contributed by atoms with van der Waals surface area (Å²) in [6.07, 6.45) is 4.43. The Bertz CT molecular complexity index is 975. The van der Waals surface area contributed by atoms with Crippen molar-refractivity contribution >= 4 is 17.4 Å². The van der Waals surface area contributed by atoms with E-state index >= 15 is 0 Å². The quantitative estimate of drug-likeness (QED) is 0.708. The maximum atomic E-state index is 12.4. The molecule has 0 radical (unpaired) electrons. The van der Waals surface area contributed by atoms with E-state index in [2.05, 4.69) is 10.3 Å². The van der Waals surface area contributed by atoms with Gasteiger partial charge in [-0.05, 0) is 30.7 Å². The van der Waals surface area contributed by atoms with Crippen molar-refractivity contribution in [2.24, 2.45) is 5.92 Å². The Hall–Kier alpha value is -3.28. The lowest BCUT2D eigenvalue weighted by Crippen LogP contribution is -2.32. The van der Waals surface area contributed by atoms with Gasteiger partial charge in [-0.25, -0.2) is 9.97 Å². The fourth-order valence-corrected chi connectivity index (χ4v) is 3.58. The van der Waals surface area contributed by atoms with Crippen molar-refractivity contribution in [3.8, 4) is 11.3 Å². The van der Waals surface area contributed by atoms with Crippen LogP contribution in [0.2, 0.25) is 0 Å². The molecule has 1 aliphatic rings. The van der Waals surface area contributed by atoms with Crippen LogP contribution < -0.4 is 5.32 Å². The number of hydrogen-bond donors (Lipinski definition) is 1. The molecule has 6 nitrogen and oxygen atoms in total. The molecule has 4 rings (SSSR count). The minimum absolute atomic E-state index is 0.00621. The molecule has 0 spiro atoms. The summed E-state index contributed by atoms with van der Waals surface area (Å²) >= 11 is 0. The molecule has 1 unspecified atom stereocenters. The highest BCUT2D eigenvalue weighted by Gasteiger charge is 2.30. The van der Waals surface area contributed by atoms with Crippen molar-refractivity contribution in [1.29, 1.82) is 0 Å². The number of nitrogens with one attached hydrogen (secondary N) is 1. The highest BCUT2D eigenvalue weighted by molar-refractivity contribution is 5.78. The van der Waals surface area contributed by atoms with Crippen molar-refractivity contribution in [3.63, 3.8) is 0 Å². The molecule has 1 fully saturated rings. The number of carbonyl (C=O) groups is 1. The molecule has 0 aliphatic carbocycles. The molecule has 6 heteroatoms. The Morgan fingerprint density at radius 3 is 2.69 bits per heavy atom. The van der Waals surface area contributed by atoms with E-state index in [1.165, 1.54) is 0 Å². The number of para-hydroxylation sites is 1. The summed E-state index contributed by atoms with van der Waals surface area (Å²) in [5, 5.41) is 3.38. The van der Waals surface area contributed by atoms with Crippen LogP contribution >= 0.6 is 0 Å². The van der Waals surface area contributed by atoms with Crippen molar-refractivity contribution in [3.05, 3.63) is 66.7 Å². The second-order valence-electron chi connectivity index (χ2n) is 7.65. The van der Waals surface area contributed by atoms with Crippen LogP contribution in [0.3, 0.4) is 0 Å². The van der Waals surface area contributed by atoms with E-state index in [0.717, 1.165) is 41.6 Å². The third-order valence-corrected chi connectivity index (χ3v) is 5.11. The average Bonchev–Trinajstić information content (AvgIpc) is 3.24. The van der Waals surface area contributed by atoms with Crippen molar-refractivity contribution in [1.82, 2.24) is 19.9 Å². The van der Waals surface area contributed by atoms with Gasteiger partial charge in [0.2, 0.25) is 5.91 Å². The van der Waals surface area contributed by atoms with Crippen LogP contribution in [0.4, 0.5) is 11.5 Å². The van der Waals surface area contributed by atoms with E-state index in [1.807, 2.05) is 73.5 Å². The predicted molar refractivity (Wildman–Crippen MR) is 114 cm³/mol. The van der Waals surface area contributed by atoms with Crippen molar-refractivity contribution < 1.29 is 4.79 Å². The first-order chi connectivity index (χ1) is 14.1. The summed E-state index contributed by atoms with van der Waals surface area (Å²) in [4.78, 5) is 28.2. The number of carbonyl (C=O) groups excluding carboxylic acids is 1. The van der Waals surface area contributed by atoms with Crippen molar-refractivity contribution in [2.45, 2.75) is 26.2 Å². The van der Waals surface area contributed by atoms with E-state index in [9.17, 15) is 4.79 Å². The highest BCUT2D eigenvalue weighted by Crippen LogP contribution is 2.29. The van der Waals surface area contributed by atoms with Crippen LogP contribution in [0, 0.1) is 5.92 Å². The van der Waals surface area contributed by atoms with E-state index in [-0.39, 0.29) is 17.7 Å². The van der Waals surface area contributed by atoms with Gasteiger partial charge in [0.25, 0.3) is 0 Å². The molecule has 2 aromatic heterocycles.